The van der Waals surface area contributed by atoms with E-state index >= 15 is 0 Å². The Morgan fingerprint density at radius 1 is 1.23 bits per heavy atom. The largest absolute Gasteiger partial charge is 0.368 e. The molecule has 22 heavy (non-hydrogen) atoms. The summed E-state index contributed by atoms with van der Waals surface area (Å²) >= 11 is 0. The lowest BCUT2D eigenvalue weighted by Gasteiger charge is -2.11. The van der Waals surface area contributed by atoms with Crippen molar-refractivity contribution in [2.75, 3.05) is 32.5 Å². The molecule has 2 aromatic heterocycles. The first kappa shape index (κ1) is 14.5. The van der Waals surface area contributed by atoms with Gasteiger partial charge in [0.25, 0.3) is 0 Å². The average molecular weight is 296 g/mol. The van der Waals surface area contributed by atoms with E-state index in [0.717, 1.165) is 35.6 Å². The first-order valence-electron chi connectivity index (χ1n) is 7.29. The third-order valence-corrected chi connectivity index (χ3v) is 3.46. The van der Waals surface area contributed by atoms with Gasteiger partial charge >= 0.3 is 0 Å². The Morgan fingerprint density at radius 3 is 2.86 bits per heavy atom. The third kappa shape index (κ3) is 2.92. The van der Waals surface area contributed by atoms with Gasteiger partial charge in [-0.05, 0) is 38.7 Å². The van der Waals surface area contributed by atoms with E-state index in [-0.39, 0.29) is 0 Å². The highest BCUT2D eigenvalue weighted by molar-refractivity contribution is 5.87. The lowest BCUT2D eigenvalue weighted by molar-refractivity contribution is 0.425. The van der Waals surface area contributed by atoms with Crippen LogP contribution in [0, 0.1) is 6.92 Å². The number of anilines is 1. The van der Waals surface area contributed by atoms with Crippen LogP contribution in [-0.2, 0) is 0 Å². The van der Waals surface area contributed by atoms with Crippen molar-refractivity contribution in [3.05, 3.63) is 42.4 Å². The smallest absolute Gasteiger partial charge is 0.168 e. The molecule has 2 heterocycles. The van der Waals surface area contributed by atoms with Gasteiger partial charge in [-0.2, -0.15) is 5.10 Å². The second kappa shape index (κ2) is 6.11. The van der Waals surface area contributed by atoms with E-state index in [1.807, 2.05) is 37.1 Å². The Bertz CT molecular complexity index is 777. The molecule has 0 radical (unpaired) electrons. The topological polar surface area (TPSA) is 58.9 Å². The van der Waals surface area contributed by atoms with E-state index < -0.39 is 0 Å². The Kier molecular flexibility index (Phi) is 4.02. The van der Waals surface area contributed by atoms with Crippen molar-refractivity contribution in [2.24, 2.45) is 0 Å². The van der Waals surface area contributed by atoms with Gasteiger partial charge in [0.15, 0.2) is 5.65 Å². The zero-order valence-electron chi connectivity index (χ0n) is 13.1. The fraction of sp³-hybridized carbons (Fsp3) is 0.312. The number of fused-ring (bicyclic) bond motifs is 1. The summed E-state index contributed by atoms with van der Waals surface area (Å²) in [7, 11) is 4.10. The number of benzene rings is 1. The minimum absolute atomic E-state index is 0.813. The van der Waals surface area contributed by atoms with Gasteiger partial charge in [-0.25, -0.2) is 14.6 Å². The van der Waals surface area contributed by atoms with E-state index in [0.29, 0.717) is 0 Å². The second-order valence-electron chi connectivity index (χ2n) is 5.58. The number of rotatable bonds is 5. The standard InChI is InChI=1S/C16H20N6/c1-12-5-4-6-13(9-12)22-16-14(10-20-22)15(18-11-19-16)17-7-8-21(2)3/h4-6,9-11H,7-8H2,1-3H3,(H,17,18,19). The van der Waals surface area contributed by atoms with E-state index in [1.54, 1.807) is 6.33 Å². The summed E-state index contributed by atoms with van der Waals surface area (Å²) in [6.07, 6.45) is 3.39. The molecular weight excluding hydrogens is 276 g/mol. The highest BCUT2D eigenvalue weighted by atomic mass is 15.3. The molecule has 1 aromatic carbocycles. The fourth-order valence-corrected chi connectivity index (χ4v) is 2.33. The molecular formula is C16H20N6. The van der Waals surface area contributed by atoms with Crippen LogP contribution in [0.25, 0.3) is 16.7 Å². The maximum atomic E-state index is 4.47. The van der Waals surface area contributed by atoms with Crippen molar-refractivity contribution >= 4 is 16.9 Å². The lowest BCUT2D eigenvalue weighted by Crippen LogP contribution is -2.21. The maximum absolute atomic E-state index is 4.47. The van der Waals surface area contributed by atoms with Gasteiger partial charge in [0.1, 0.15) is 12.1 Å². The van der Waals surface area contributed by atoms with Crippen LogP contribution in [0.4, 0.5) is 5.82 Å². The predicted molar refractivity (Wildman–Crippen MR) is 88.4 cm³/mol. The number of hydrogen-bond acceptors (Lipinski definition) is 5. The van der Waals surface area contributed by atoms with Gasteiger partial charge in [0.05, 0.1) is 17.3 Å². The molecule has 6 nitrogen and oxygen atoms in total. The van der Waals surface area contributed by atoms with Gasteiger partial charge in [0, 0.05) is 13.1 Å². The molecule has 0 atom stereocenters. The van der Waals surface area contributed by atoms with E-state index in [1.165, 1.54) is 5.56 Å². The van der Waals surface area contributed by atoms with Crippen LogP contribution in [-0.4, -0.2) is 51.8 Å². The summed E-state index contributed by atoms with van der Waals surface area (Å²) in [6, 6.07) is 8.21. The van der Waals surface area contributed by atoms with Crippen molar-refractivity contribution < 1.29 is 0 Å². The zero-order chi connectivity index (χ0) is 15.5. The van der Waals surface area contributed by atoms with E-state index in [9.17, 15) is 0 Å². The van der Waals surface area contributed by atoms with E-state index in [2.05, 4.69) is 44.3 Å². The highest BCUT2D eigenvalue weighted by Gasteiger charge is 2.10. The zero-order valence-corrected chi connectivity index (χ0v) is 13.1. The average Bonchev–Trinajstić information content (AvgIpc) is 2.92. The summed E-state index contributed by atoms with van der Waals surface area (Å²) in [5, 5.41) is 8.76. The summed E-state index contributed by atoms with van der Waals surface area (Å²) in [5.74, 6) is 0.825. The monoisotopic (exact) mass is 296 g/mol. The fourth-order valence-electron chi connectivity index (χ4n) is 2.33. The molecule has 3 aromatic rings. The van der Waals surface area contributed by atoms with Gasteiger partial charge in [-0.15, -0.1) is 0 Å². The SMILES string of the molecule is Cc1cccc(-n2ncc3c(NCCN(C)C)ncnc32)c1. The first-order valence-corrected chi connectivity index (χ1v) is 7.29. The van der Waals surface area contributed by atoms with Crippen LogP contribution in [0.5, 0.6) is 0 Å². The van der Waals surface area contributed by atoms with Crippen molar-refractivity contribution in [1.82, 2.24) is 24.6 Å². The molecule has 0 bridgehead atoms. The molecule has 0 aliphatic rings. The predicted octanol–water partition coefficient (Wildman–Crippen LogP) is 2.10. The third-order valence-electron chi connectivity index (χ3n) is 3.46. The highest BCUT2D eigenvalue weighted by Crippen LogP contribution is 2.21. The Labute approximate surface area is 129 Å². The van der Waals surface area contributed by atoms with Gasteiger partial charge in [0.2, 0.25) is 0 Å². The molecule has 0 saturated heterocycles. The molecule has 0 saturated carbocycles. The van der Waals surface area contributed by atoms with Crippen LogP contribution in [0.15, 0.2) is 36.8 Å². The molecule has 114 valence electrons. The van der Waals surface area contributed by atoms with Crippen LogP contribution in [0.2, 0.25) is 0 Å². The Balaban J connectivity index is 1.95. The van der Waals surface area contributed by atoms with Crippen molar-refractivity contribution in [2.45, 2.75) is 6.92 Å². The lowest BCUT2D eigenvalue weighted by atomic mass is 10.2. The Hall–Kier alpha value is -2.47. The number of likely N-dealkylation sites (N-methyl/N-ethyl adjacent to an activating group) is 1. The van der Waals surface area contributed by atoms with Crippen molar-refractivity contribution in [3.63, 3.8) is 0 Å². The van der Waals surface area contributed by atoms with Crippen LogP contribution in [0.3, 0.4) is 0 Å². The molecule has 3 rings (SSSR count). The number of aryl methyl sites for hydroxylation is 1. The van der Waals surface area contributed by atoms with Crippen molar-refractivity contribution in [1.29, 1.82) is 0 Å². The van der Waals surface area contributed by atoms with Crippen LogP contribution < -0.4 is 5.32 Å². The van der Waals surface area contributed by atoms with E-state index in [4.69, 9.17) is 0 Å². The van der Waals surface area contributed by atoms with Gasteiger partial charge < -0.3 is 10.2 Å². The van der Waals surface area contributed by atoms with Gasteiger partial charge in [-0.1, -0.05) is 12.1 Å². The molecule has 0 unspecified atom stereocenters. The number of hydrogen-bond donors (Lipinski definition) is 1. The molecule has 0 aliphatic carbocycles. The molecule has 0 aliphatic heterocycles. The summed E-state index contributed by atoms with van der Waals surface area (Å²) in [5.41, 5.74) is 3.01. The quantitative estimate of drug-likeness (QED) is 0.781. The second-order valence-corrected chi connectivity index (χ2v) is 5.58. The molecule has 6 heteroatoms. The number of nitrogens with zero attached hydrogens (tertiary/aromatic N) is 5. The first-order chi connectivity index (χ1) is 10.6. The summed E-state index contributed by atoms with van der Waals surface area (Å²) in [6.45, 7) is 3.84. The maximum Gasteiger partial charge on any atom is 0.168 e. The molecule has 1 N–H and O–H groups in total. The number of aromatic nitrogens is 4. The van der Waals surface area contributed by atoms with Crippen LogP contribution in [0.1, 0.15) is 5.56 Å². The Morgan fingerprint density at radius 2 is 2.09 bits per heavy atom. The van der Waals surface area contributed by atoms with Gasteiger partial charge in [-0.3, -0.25) is 0 Å². The molecule has 0 amide bonds. The number of nitrogens with one attached hydrogen (secondary N) is 1. The summed E-state index contributed by atoms with van der Waals surface area (Å²) < 4.78 is 1.85. The minimum Gasteiger partial charge on any atom is -0.368 e. The normalized spacial score (nSPS) is 11.3. The molecule has 0 spiro atoms. The minimum atomic E-state index is 0.813. The van der Waals surface area contributed by atoms with Crippen molar-refractivity contribution in [3.8, 4) is 5.69 Å². The van der Waals surface area contributed by atoms with Crippen LogP contribution >= 0.6 is 0 Å². The summed E-state index contributed by atoms with van der Waals surface area (Å²) in [4.78, 5) is 10.9. The molecule has 0 fully saturated rings.